The van der Waals surface area contributed by atoms with Gasteiger partial charge in [-0.2, -0.15) is 0 Å². The molecule has 0 fully saturated rings. The zero-order chi connectivity index (χ0) is 18.9. The van der Waals surface area contributed by atoms with Gasteiger partial charge >= 0.3 is 0 Å². The Morgan fingerprint density at radius 1 is 1.27 bits per heavy atom. The molecule has 0 radical (unpaired) electrons. The molecule has 7 heteroatoms. The van der Waals surface area contributed by atoms with Crippen molar-refractivity contribution >= 4 is 29.3 Å². The number of nitrogens with zero attached hydrogens (tertiary/aromatic N) is 1. The van der Waals surface area contributed by atoms with Gasteiger partial charge < -0.3 is 19.5 Å². The number of amides is 1. The first-order valence-electron chi connectivity index (χ1n) is 8.06. The molecule has 1 amide bonds. The molecule has 0 saturated heterocycles. The van der Waals surface area contributed by atoms with E-state index in [1.54, 1.807) is 37.5 Å². The summed E-state index contributed by atoms with van der Waals surface area (Å²) in [6.07, 6.45) is 5.43. The number of carbonyl (C=O) groups is 1. The van der Waals surface area contributed by atoms with Crippen molar-refractivity contribution in [1.82, 2.24) is 4.98 Å². The van der Waals surface area contributed by atoms with Crippen molar-refractivity contribution in [2.24, 2.45) is 0 Å². The van der Waals surface area contributed by atoms with Crippen LogP contribution in [-0.2, 0) is 4.79 Å². The summed E-state index contributed by atoms with van der Waals surface area (Å²) in [6.45, 7) is 2.55. The average molecular weight is 377 g/mol. The third kappa shape index (κ3) is 5.39. The molecule has 138 valence electrons. The van der Waals surface area contributed by atoms with Crippen LogP contribution in [0.4, 0.5) is 5.69 Å². The van der Waals surface area contributed by atoms with Gasteiger partial charge in [-0.05, 0) is 36.3 Å². The van der Waals surface area contributed by atoms with E-state index in [1.165, 1.54) is 19.4 Å². The van der Waals surface area contributed by atoms with E-state index in [1.807, 2.05) is 6.92 Å². The lowest BCUT2D eigenvalue weighted by Gasteiger charge is -2.12. The molecule has 0 aliphatic carbocycles. The number of nitrogens with one attached hydrogen (secondary N) is 1. The smallest absolute Gasteiger partial charge is 0.248 e. The Hall–Kier alpha value is -2.73. The summed E-state index contributed by atoms with van der Waals surface area (Å²) in [6, 6.07) is 6.85. The maximum Gasteiger partial charge on any atom is 0.248 e. The highest BCUT2D eigenvalue weighted by Gasteiger charge is 2.11. The zero-order valence-electron chi connectivity index (χ0n) is 14.9. The monoisotopic (exact) mass is 376 g/mol. The molecule has 1 aromatic heterocycles. The maximum absolute atomic E-state index is 12.0. The van der Waals surface area contributed by atoms with Crippen LogP contribution in [0.25, 0.3) is 6.08 Å². The third-order valence-corrected chi connectivity index (χ3v) is 3.62. The molecule has 1 aromatic carbocycles. The summed E-state index contributed by atoms with van der Waals surface area (Å²) in [4.78, 5) is 16.1. The highest BCUT2D eigenvalue weighted by atomic mass is 35.5. The molecular formula is C19H21ClN2O4. The van der Waals surface area contributed by atoms with Gasteiger partial charge in [0, 0.05) is 12.1 Å². The summed E-state index contributed by atoms with van der Waals surface area (Å²) in [5.41, 5.74) is 1.29. The molecule has 0 saturated carbocycles. The van der Waals surface area contributed by atoms with Crippen LogP contribution in [0.2, 0.25) is 5.02 Å². The first kappa shape index (κ1) is 19.6. The summed E-state index contributed by atoms with van der Waals surface area (Å²) in [7, 11) is 3.07. The van der Waals surface area contributed by atoms with Crippen LogP contribution in [0.3, 0.4) is 0 Å². The fraction of sp³-hybridized carbons (Fsp3) is 0.263. The third-order valence-electron chi connectivity index (χ3n) is 3.34. The standard InChI is InChI=1S/C19H21ClN2O4/c1-4-9-26-19-15(20)10-13(11-16(19)24-2)5-7-17(23)22-14-6-8-18(25-3)21-12-14/h5-8,10-12H,4,9H2,1-3H3,(H,22,23). The van der Waals surface area contributed by atoms with Crippen molar-refractivity contribution in [3.05, 3.63) is 47.1 Å². The number of ether oxygens (including phenoxy) is 3. The van der Waals surface area contributed by atoms with Gasteiger partial charge in [0.05, 0.1) is 37.7 Å². The molecule has 0 atom stereocenters. The summed E-state index contributed by atoms with van der Waals surface area (Å²) in [5.74, 6) is 1.20. The number of benzene rings is 1. The van der Waals surface area contributed by atoms with Crippen LogP contribution < -0.4 is 19.5 Å². The van der Waals surface area contributed by atoms with Crippen LogP contribution in [0.1, 0.15) is 18.9 Å². The zero-order valence-corrected chi connectivity index (χ0v) is 15.7. The summed E-state index contributed by atoms with van der Waals surface area (Å²) >= 11 is 6.26. The number of hydrogen-bond acceptors (Lipinski definition) is 5. The molecule has 0 aliphatic heterocycles. The predicted molar refractivity (Wildman–Crippen MR) is 102 cm³/mol. The first-order chi connectivity index (χ1) is 12.6. The first-order valence-corrected chi connectivity index (χ1v) is 8.44. The van der Waals surface area contributed by atoms with E-state index in [2.05, 4.69) is 10.3 Å². The van der Waals surface area contributed by atoms with E-state index < -0.39 is 0 Å². The normalized spacial score (nSPS) is 10.6. The molecule has 0 aliphatic rings. The maximum atomic E-state index is 12.0. The molecule has 1 heterocycles. The molecule has 2 aromatic rings. The van der Waals surface area contributed by atoms with Crippen molar-refractivity contribution in [2.75, 3.05) is 26.1 Å². The van der Waals surface area contributed by atoms with Crippen molar-refractivity contribution in [2.45, 2.75) is 13.3 Å². The fourth-order valence-electron chi connectivity index (χ4n) is 2.11. The van der Waals surface area contributed by atoms with Gasteiger partial charge in [0.25, 0.3) is 0 Å². The SMILES string of the molecule is CCCOc1c(Cl)cc(C=CC(=O)Nc2ccc(OC)nc2)cc1OC. The minimum Gasteiger partial charge on any atom is -0.493 e. The molecule has 2 rings (SSSR count). The number of halogens is 1. The Bertz CT molecular complexity index is 776. The van der Waals surface area contributed by atoms with E-state index in [0.29, 0.717) is 34.7 Å². The molecule has 1 N–H and O–H groups in total. The Labute approximate surface area is 157 Å². The minimum atomic E-state index is -0.293. The van der Waals surface area contributed by atoms with Crippen LogP contribution in [0, 0.1) is 0 Å². The quantitative estimate of drug-likeness (QED) is 0.699. The predicted octanol–water partition coefficient (Wildman–Crippen LogP) is 4.19. The van der Waals surface area contributed by atoms with E-state index in [4.69, 9.17) is 25.8 Å². The van der Waals surface area contributed by atoms with Crippen LogP contribution in [0.15, 0.2) is 36.5 Å². The molecule has 0 spiro atoms. The largest absolute Gasteiger partial charge is 0.493 e. The van der Waals surface area contributed by atoms with Gasteiger partial charge in [0.2, 0.25) is 11.8 Å². The van der Waals surface area contributed by atoms with E-state index in [9.17, 15) is 4.79 Å². The van der Waals surface area contributed by atoms with E-state index in [-0.39, 0.29) is 5.91 Å². The highest BCUT2D eigenvalue weighted by Crippen LogP contribution is 2.36. The fourth-order valence-corrected chi connectivity index (χ4v) is 2.38. The van der Waals surface area contributed by atoms with Gasteiger partial charge in [0.1, 0.15) is 0 Å². The lowest BCUT2D eigenvalue weighted by atomic mass is 10.2. The van der Waals surface area contributed by atoms with Crippen molar-refractivity contribution in [3.63, 3.8) is 0 Å². The molecule has 26 heavy (non-hydrogen) atoms. The van der Waals surface area contributed by atoms with Gasteiger partial charge in [-0.15, -0.1) is 0 Å². The summed E-state index contributed by atoms with van der Waals surface area (Å²) in [5, 5.41) is 3.14. The molecule has 0 unspecified atom stereocenters. The Morgan fingerprint density at radius 2 is 2.08 bits per heavy atom. The Morgan fingerprint density at radius 3 is 2.69 bits per heavy atom. The second kappa shape index (κ2) is 9.68. The number of carbonyl (C=O) groups excluding carboxylic acids is 1. The second-order valence-corrected chi connectivity index (χ2v) is 5.70. The van der Waals surface area contributed by atoms with Crippen molar-refractivity contribution < 1.29 is 19.0 Å². The van der Waals surface area contributed by atoms with Crippen LogP contribution >= 0.6 is 11.6 Å². The van der Waals surface area contributed by atoms with Crippen LogP contribution in [0.5, 0.6) is 17.4 Å². The molecule has 0 bridgehead atoms. The topological polar surface area (TPSA) is 69.7 Å². The Balaban J connectivity index is 2.08. The number of pyridine rings is 1. The number of anilines is 1. The number of methoxy groups -OCH3 is 2. The minimum absolute atomic E-state index is 0.293. The lowest BCUT2D eigenvalue weighted by molar-refractivity contribution is -0.111. The van der Waals surface area contributed by atoms with Crippen LogP contribution in [-0.4, -0.2) is 31.7 Å². The van der Waals surface area contributed by atoms with Gasteiger partial charge in [-0.25, -0.2) is 4.98 Å². The molecular weight excluding hydrogens is 356 g/mol. The van der Waals surface area contributed by atoms with Gasteiger partial charge in [0.15, 0.2) is 11.5 Å². The lowest BCUT2D eigenvalue weighted by Crippen LogP contribution is -2.08. The van der Waals surface area contributed by atoms with E-state index in [0.717, 1.165) is 12.0 Å². The number of hydrogen-bond donors (Lipinski definition) is 1. The average Bonchev–Trinajstić information content (AvgIpc) is 2.65. The highest BCUT2D eigenvalue weighted by molar-refractivity contribution is 6.32. The van der Waals surface area contributed by atoms with Gasteiger partial charge in [-0.3, -0.25) is 4.79 Å². The van der Waals surface area contributed by atoms with Gasteiger partial charge in [-0.1, -0.05) is 18.5 Å². The number of aromatic nitrogens is 1. The summed E-state index contributed by atoms with van der Waals surface area (Å²) < 4.78 is 15.9. The Kier molecular flexibility index (Phi) is 7.29. The van der Waals surface area contributed by atoms with E-state index >= 15 is 0 Å². The van der Waals surface area contributed by atoms with Crippen molar-refractivity contribution in [3.8, 4) is 17.4 Å². The number of rotatable bonds is 8. The second-order valence-electron chi connectivity index (χ2n) is 5.29. The van der Waals surface area contributed by atoms with Crippen molar-refractivity contribution in [1.29, 1.82) is 0 Å². The molecule has 6 nitrogen and oxygen atoms in total.